The maximum atomic E-state index is 10.2. The van der Waals surface area contributed by atoms with Crippen molar-refractivity contribution >= 4 is 6.29 Å². The van der Waals surface area contributed by atoms with Crippen LogP contribution in [0, 0.1) is 5.92 Å². The van der Waals surface area contributed by atoms with Crippen LogP contribution in [0.1, 0.15) is 89.9 Å². The number of unbranched alkanes of at least 4 members (excludes halogenated alkanes) is 5. The molecule has 1 fully saturated rings. The highest BCUT2D eigenvalue weighted by molar-refractivity contribution is 5.48. The van der Waals surface area contributed by atoms with Gasteiger partial charge in [0.25, 0.3) is 0 Å². The highest BCUT2D eigenvalue weighted by Gasteiger charge is 2.14. The van der Waals surface area contributed by atoms with Gasteiger partial charge in [0.1, 0.15) is 6.29 Å². The average Bonchev–Trinajstić information content (AvgIpc) is 2.97. The normalized spacial score (nSPS) is 17.4. The van der Waals surface area contributed by atoms with Crippen LogP contribution in [0.2, 0.25) is 0 Å². The first kappa shape index (κ1) is 17.7. The van der Waals surface area contributed by atoms with Crippen LogP contribution in [-0.2, 0) is 9.53 Å². The summed E-state index contributed by atoms with van der Waals surface area (Å²) in [6.45, 7) is 0. The van der Waals surface area contributed by atoms with Crippen LogP contribution in [0.5, 0.6) is 0 Å². The van der Waals surface area contributed by atoms with E-state index in [1.54, 1.807) is 0 Å². The predicted molar refractivity (Wildman–Crippen MR) is 85.0 cm³/mol. The van der Waals surface area contributed by atoms with Gasteiger partial charge in [0.2, 0.25) is 0 Å². The Morgan fingerprint density at radius 2 is 1.65 bits per heavy atom. The summed E-state index contributed by atoms with van der Waals surface area (Å²) < 4.78 is 5.57. The largest absolute Gasteiger partial charge is 0.381 e. The molecule has 1 saturated carbocycles. The molecule has 0 aromatic heterocycles. The summed E-state index contributed by atoms with van der Waals surface area (Å²) in [5.74, 6) is 1.05. The lowest BCUT2D eigenvalue weighted by molar-refractivity contribution is -0.107. The first-order valence-corrected chi connectivity index (χ1v) is 8.83. The molecule has 0 aromatic carbocycles. The molecule has 20 heavy (non-hydrogen) atoms. The van der Waals surface area contributed by atoms with Crippen molar-refractivity contribution in [2.75, 3.05) is 7.11 Å². The van der Waals surface area contributed by atoms with E-state index < -0.39 is 0 Å². The van der Waals surface area contributed by atoms with Gasteiger partial charge < -0.3 is 9.53 Å². The minimum atomic E-state index is 0.442. The number of ether oxygens (including phenoxy) is 1. The van der Waals surface area contributed by atoms with Crippen LogP contribution in [0.15, 0.2) is 0 Å². The lowest BCUT2D eigenvalue weighted by atomic mass is 9.98. The molecule has 0 saturated heterocycles. The second-order valence-corrected chi connectivity index (χ2v) is 6.45. The Morgan fingerprint density at radius 3 is 2.25 bits per heavy atom. The Bertz CT molecular complexity index is 221. The van der Waals surface area contributed by atoms with Crippen LogP contribution in [0.4, 0.5) is 0 Å². The molecular formula is C18H34O2. The van der Waals surface area contributed by atoms with Gasteiger partial charge in [0, 0.05) is 13.5 Å². The SMILES string of the molecule is COC(CCCCCC=O)CCCCCC1CCCC1. The van der Waals surface area contributed by atoms with Crippen LogP contribution >= 0.6 is 0 Å². The number of hydrogen-bond donors (Lipinski definition) is 0. The molecule has 0 bridgehead atoms. The topological polar surface area (TPSA) is 26.3 Å². The van der Waals surface area contributed by atoms with Crippen molar-refractivity contribution in [1.29, 1.82) is 0 Å². The molecule has 0 amide bonds. The fourth-order valence-electron chi connectivity index (χ4n) is 3.44. The standard InChI is InChI=1S/C18H34O2/c1-20-18(14-6-2-3-10-16-19)15-7-4-5-11-17-12-8-9-13-17/h16-18H,2-15H2,1H3. The van der Waals surface area contributed by atoms with Gasteiger partial charge in [0.15, 0.2) is 0 Å². The summed E-state index contributed by atoms with van der Waals surface area (Å²) in [6.07, 6.45) is 19.5. The molecule has 1 aliphatic rings. The zero-order valence-electron chi connectivity index (χ0n) is 13.4. The van der Waals surface area contributed by atoms with E-state index in [0.717, 1.165) is 31.5 Å². The van der Waals surface area contributed by atoms with E-state index in [9.17, 15) is 4.79 Å². The van der Waals surface area contributed by atoms with E-state index in [2.05, 4.69) is 0 Å². The lowest BCUT2D eigenvalue weighted by Crippen LogP contribution is -2.10. The van der Waals surface area contributed by atoms with Gasteiger partial charge in [-0.25, -0.2) is 0 Å². The van der Waals surface area contributed by atoms with E-state index in [4.69, 9.17) is 4.74 Å². The molecule has 2 nitrogen and oxygen atoms in total. The van der Waals surface area contributed by atoms with E-state index in [0.29, 0.717) is 6.10 Å². The molecule has 0 radical (unpaired) electrons. The van der Waals surface area contributed by atoms with Gasteiger partial charge in [-0.1, -0.05) is 64.2 Å². The molecule has 1 atom stereocenters. The van der Waals surface area contributed by atoms with Gasteiger partial charge in [-0.2, -0.15) is 0 Å². The first-order chi connectivity index (χ1) is 9.86. The maximum absolute atomic E-state index is 10.2. The Morgan fingerprint density at radius 1 is 1.00 bits per heavy atom. The zero-order chi connectivity index (χ0) is 14.5. The molecule has 1 unspecified atom stereocenters. The number of hydrogen-bond acceptors (Lipinski definition) is 2. The Balaban J connectivity index is 1.90. The second-order valence-electron chi connectivity index (χ2n) is 6.45. The van der Waals surface area contributed by atoms with Crippen LogP contribution in [0.25, 0.3) is 0 Å². The van der Waals surface area contributed by atoms with E-state index in [1.165, 1.54) is 70.6 Å². The van der Waals surface area contributed by atoms with Gasteiger partial charge in [-0.05, 0) is 25.2 Å². The monoisotopic (exact) mass is 282 g/mol. The lowest BCUT2D eigenvalue weighted by Gasteiger charge is -2.15. The van der Waals surface area contributed by atoms with Crippen LogP contribution < -0.4 is 0 Å². The molecule has 0 N–H and O–H groups in total. The van der Waals surface area contributed by atoms with Crippen molar-refractivity contribution in [3.05, 3.63) is 0 Å². The third-order valence-corrected chi connectivity index (χ3v) is 4.79. The summed E-state index contributed by atoms with van der Waals surface area (Å²) in [5, 5.41) is 0. The first-order valence-electron chi connectivity index (χ1n) is 8.83. The van der Waals surface area contributed by atoms with E-state index >= 15 is 0 Å². The highest BCUT2D eigenvalue weighted by Crippen LogP contribution is 2.29. The number of aldehydes is 1. The molecule has 1 rings (SSSR count). The van der Waals surface area contributed by atoms with Crippen molar-refractivity contribution in [3.8, 4) is 0 Å². The summed E-state index contributed by atoms with van der Waals surface area (Å²) in [5.41, 5.74) is 0. The Hall–Kier alpha value is -0.370. The number of carbonyl (C=O) groups excluding carboxylic acids is 1. The number of rotatable bonds is 13. The smallest absolute Gasteiger partial charge is 0.119 e. The summed E-state index contributed by atoms with van der Waals surface area (Å²) in [7, 11) is 1.84. The molecule has 0 aliphatic heterocycles. The number of methoxy groups -OCH3 is 1. The number of carbonyl (C=O) groups is 1. The highest BCUT2D eigenvalue weighted by atomic mass is 16.5. The Labute approximate surface area is 125 Å². The molecule has 0 aromatic rings. The van der Waals surface area contributed by atoms with Crippen LogP contribution in [0.3, 0.4) is 0 Å². The van der Waals surface area contributed by atoms with Crippen molar-refractivity contribution in [1.82, 2.24) is 0 Å². The van der Waals surface area contributed by atoms with Gasteiger partial charge in [-0.15, -0.1) is 0 Å². The van der Waals surface area contributed by atoms with Crippen molar-refractivity contribution in [2.24, 2.45) is 5.92 Å². The third-order valence-electron chi connectivity index (χ3n) is 4.79. The quantitative estimate of drug-likeness (QED) is 0.339. The maximum Gasteiger partial charge on any atom is 0.119 e. The molecule has 2 heteroatoms. The summed E-state index contributed by atoms with van der Waals surface area (Å²) >= 11 is 0. The van der Waals surface area contributed by atoms with Gasteiger partial charge in [0.05, 0.1) is 6.10 Å². The van der Waals surface area contributed by atoms with Crippen LogP contribution in [-0.4, -0.2) is 19.5 Å². The summed E-state index contributed by atoms with van der Waals surface area (Å²) in [6, 6.07) is 0. The second kappa shape index (κ2) is 12.4. The summed E-state index contributed by atoms with van der Waals surface area (Å²) in [4.78, 5) is 10.2. The minimum Gasteiger partial charge on any atom is -0.381 e. The molecule has 1 aliphatic carbocycles. The average molecular weight is 282 g/mol. The molecular weight excluding hydrogens is 248 g/mol. The fourth-order valence-corrected chi connectivity index (χ4v) is 3.44. The molecule has 118 valence electrons. The van der Waals surface area contributed by atoms with Gasteiger partial charge >= 0.3 is 0 Å². The zero-order valence-corrected chi connectivity index (χ0v) is 13.4. The predicted octanol–water partition coefficient (Wildman–Crippen LogP) is 5.29. The molecule has 0 heterocycles. The minimum absolute atomic E-state index is 0.442. The van der Waals surface area contributed by atoms with Crippen molar-refractivity contribution in [3.63, 3.8) is 0 Å². The Kier molecular flexibility index (Phi) is 10.9. The van der Waals surface area contributed by atoms with Gasteiger partial charge in [-0.3, -0.25) is 0 Å². The fraction of sp³-hybridized carbons (Fsp3) is 0.944. The van der Waals surface area contributed by atoms with Crippen molar-refractivity contribution < 1.29 is 9.53 Å². The van der Waals surface area contributed by atoms with Crippen molar-refractivity contribution in [2.45, 2.75) is 96.0 Å². The third kappa shape index (κ3) is 8.73. The van der Waals surface area contributed by atoms with E-state index in [-0.39, 0.29) is 0 Å². The molecule has 0 spiro atoms. The van der Waals surface area contributed by atoms with E-state index in [1.807, 2.05) is 7.11 Å².